The highest BCUT2D eigenvalue weighted by Crippen LogP contribution is 2.36. The third kappa shape index (κ3) is 2.73. The average molecular weight is 294 g/mol. The maximum Gasteiger partial charge on any atom is 0.116 e. The van der Waals surface area contributed by atoms with Gasteiger partial charge < -0.3 is 5.11 Å². The maximum atomic E-state index is 10.5. The van der Waals surface area contributed by atoms with Crippen molar-refractivity contribution in [3.63, 3.8) is 0 Å². The van der Waals surface area contributed by atoms with Crippen LogP contribution in [0.25, 0.3) is 0 Å². The van der Waals surface area contributed by atoms with Gasteiger partial charge in [-0.25, -0.2) is 0 Å². The third-order valence-corrected chi connectivity index (χ3v) is 5.64. The summed E-state index contributed by atoms with van der Waals surface area (Å²) in [6.45, 7) is 3.03. The van der Waals surface area contributed by atoms with E-state index in [0.717, 1.165) is 35.6 Å². The molecule has 1 aliphatic heterocycles. The van der Waals surface area contributed by atoms with Crippen LogP contribution >= 0.6 is 23.1 Å². The number of nitrogens with zero attached hydrogens (tertiary/aromatic N) is 2. The van der Waals surface area contributed by atoms with Crippen molar-refractivity contribution in [3.8, 4) is 0 Å². The molecule has 2 aromatic rings. The zero-order chi connectivity index (χ0) is 13.2. The van der Waals surface area contributed by atoms with Crippen LogP contribution < -0.4 is 0 Å². The average Bonchev–Trinajstić information content (AvgIpc) is 3.04. The van der Waals surface area contributed by atoms with Gasteiger partial charge in [0.05, 0.1) is 6.20 Å². The first kappa shape index (κ1) is 13.2. The topological polar surface area (TPSA) is 38.0 Å². The maximum absolute atomic E-state index is 10.5. The normalized spacial score (nSPS) is 16.3. The Morgan fingerprint density at radius 1 is 1.53 bits per heavy atom. The highest BCUT2D eigenvalue weighted by Gasteiger charge is 2.20. The van der Waals surface area contributed by atoms with Gasteiger partial charge >= 0.3 is 0 Å². The van der Waals surface area contributed by atoms with E-state index in [4.69, 9.17) is 0 Å². The van der Waals surface area contributed by atoms with E-state index in [9.17, 15) is 5.11 Å². The second kappa shape index (κ2) is 5.69. The lowest BCUT2D eigenvalue weighted by Gasteiger charge is -2.08. The number of rotatable bonds is 4. The molecule has 0 fully saturated rings. The van der Waals surface area contributed by atoms with E-state index in [-0.39, 0.29) is 0 Å². The Labute approximate surface area is 121 Å². The predicted molar refractivity (Wildman–Crippen MR) is 80.8 cm³/mol. The summed E-state index contributed by atoms with van der Waals surface area (Å²) in [5.74, 6) is 2.30. The summed E-state index contributed by atoms with van der Waals surface area (Å²) in [6, 6.07) is 2.17. The van der Waals surface area contributed by atoms with Crippen molar-refractivity contribution >= 4 is 23.1 Å². The molecule has 0 aromatic carbocycles. The number of hydrogen-bond acceptors (Lipinski definition) is 4. The van der Waals surface area contributed by atoms with Gasteiger partial charge in [0, 0.05) is 33.8 Å². The first-order chi connectivity index (χ1) is 9.28. The Balaban J connectivity index is 1.82. The van der Waals surface area contributed by atoms with Gasteiger partial charge in [-0.15, -0.1) is 11.3 Å². The van der Waals surface area contributed by atoms with Crippen LogP contribution in [-0.4, -0.2) is 20.6 Å². The monoisotopic (exact) mass is 294 g/mol. The molecule has 0 bridgehead atoms. The van der Waals surface area contributed by atoms with Gasteiger partial charge in [0.2, 0.25) is 0 Å². The fourth-order valence-corrected chi connectivity index (χ4v) is 4.73. The Morgan fingerprint density at radius 2 is 2.42 bits per heavy atom. The lowest BCUT2D eigenvalue weighted by molar-refractivity contribution is 0.224. The Bertz CT molecular complexity index is 538. The summed E-state index contributed by atoms with van der Waals surface area (Å²) in [4.78, 5) is 2.51. The van der Waals surface area contributed by atoms with E-state index < -0.39 is 6.10 Å². The second-order valence-corrected chi connectivity index (χ2v) is 7.11. The van der Waals surface area contributed by atoms with Crippen LogP contribution in [0, 0.1) is 0 Å². The zero-order valence-electron chi connectivity index (χ0n) is 11.0. The number of aromatic nitrogens is 2. The molecule has 1 atom stereocenters. The molecule has 3 heterocycles. The largest absolute Gasteiger partial charge is 0.383 e. The summed E-state index contributed by atoms with van der Waals surface area (Å²) < 4.78 is 1.90. The molecule has 0 aliphatic carbocycles. The van der Waals surface area contributed by atoms with Crippen LogP contribution in [0.2, 0.25) is 0 Å². The second-order valence-electron chi connectivity index (χ2n) is 4.84. The van der Waals surface area contributed by atoms with Crippen molar-refractivity contribution in [1.82, 2.24) is 9.78 Å². The number of aliphatic hydroxyl groups is 1. The first-order valence-electron chi connectivity index (χ1n) is 6.67. The minimum atomic E-state index is -0.522. The summed E-state index contributed by atoms with van der Waals surface area (Å²) in [6.07, 6.45) is 5.43. The molecule has 0 amide bonds. The lowest BCUT2D eigenvalue weighted by atomic mass is 10.1. The van der Waals surface area contributed by atoms with Crippen molar-refractivity contribution < 1.29 is 5.11 Å². The first-order valence-corrected chi connectivity index (χ1v) is 8.64. The Kier molecular flexibility index (Phi) is 3.96. The molecule has 1 aliphatic rings. The minimum Gasteiger partial charge on any atom is -0.383 e. The van der Waals surface area contributed by atoms with Crippen molar-refractivity contribution in [2.75, 3.05) is 5.75 Å². The molecule has 5 heteroatoms. The van der Waals surface area contributed by atoms with Crippen molar-refractivity contribution in [2.24, 2.45) is 0 Å². The van der Waals surface area contributed by atoms with Gasteiger partial charge in [-0.2, -0.15) is 16.9 Å². The molecule has 3 rings (SSSR count). The molecule has 1 unspecified atom stereocenters. The SMILES string of the molecule is CCCn1cc(C(O)c2cc3c(s2)CCSC3)cn1. The van der Waals surface area contributed by atoms with Gasteiger partial charge in [0.25, 0.3) is 0 Å². The molecule has 1 N–H and O–H groups in total. The molecule has 102 valence electrons. The number of hydrogen-bond donors (Lipinski definition) is 1. The fraction of sp³-hybridized carbons (Fsp3) is 0.500. The highest BCUT2D eigenvalue weighted by atomic mass is 32.2. The molecule has 2 aromatic heterocycles. The Hall–Kier alpha value is -0.780. The standard InChI is InChI=1S/C14H18N2OS2/c1-2-4-16-8-11(7-15-16)14(17)13-6-10-9-18-5-3-12(10)19-13/h6-8,14,17H,2-5,9H2,1H3. The van der Waals surface area contributed by atoms with Crippen LogP contribution in [0.5, 0.6) is 0 Å². The van der Waals surface area contributed by atoms with Crippen LogP contribution in [0.4, 0.5) is 0 Å². The van der Waals surface area contributed by atoms with E-state index in [1.807, 2.05) is 22.6 Å². The van der Waals surface area contributed by atoms with Crippen molar-refractivity contribution in [1.29, 1.82) is 0 Å². The van der Waals surface area contributed by atoms with Crippen molar-refractivity contribution in [3.05, 3.63) is 39.3 Å². The van der Waals surface area contributed by atoms with E-state index in [1.165, 1.54) is 16.2 Å². The summed E-state index contributed by atoms with van der Waals surface area (Å²) in [5.41, 5.74) is 2.32. The predicted octanol–water partition coefficient (Wildman–Crippen LogP) is 3.23. The molecule has 0 saturated carbocycles. The van der Waals surface area contributed by atoms with Crippen LogP contribution in [-0.2, 0) is 18.7 Å². The lowest BCUT2D eigenvalue weighted by Crippen LogP contribution is -1.97. The zero-order valence-corrected chi connectivity index (χ0v) is 12.6. The minimum absolute atomic E-state index is 0.522. The van der Waals surface area contributed by atoms with Gasteiger partial charge in [0.1, 0.15) is 6.10 Å². The van der Waals surface area contributed by atoms with Crippen molar-refractivity contribution in [2.45, 2.75) is 38.2 Å². The van der Waals surface area contributed by atoms with E-state index in [2.05, 4.69) is 18.1 Å². The summed E-state index contributed by atoms with van der Waals surface area (Å²) in [7, 11) is 0. The molecule has 3 nitrogen and oxygen atoms in total. The number of fused-ring (bicyclic) bond motifs is 1. The van der Waals surface area contributed by atoms with Gasteiger partial charge in [-0.1, -0.05) is 6.92 Å². The highest BCUT2D eigenvalue weighted by molar-refractivity contribution is 7.98. The van der Waals surface area contributed by atoms with Gasteiger partial charge in [-0.05, 0) is 30.2 Å². The van der Waals surface area contributed by atoms with Crippen LogP contribution in [0.1, 0.15) is 40.3 Å². The molecular weight excluding hydrogens is 276 g/mol. The van der Waals surface area contributed by atoms with E-state index in [0.29, 0.717) is 0 Å². The molecular formula is C14H18N2OS2. The summed E-state index contributed by atoms with van der Waals surface area (Å²) in [5, 5.41) is 14.8. The number of aryl methyl sites for hydroxylation is 2. The third-order valence-electron chi connectivity index (χ3n) is 3.34. The molecule has 19 heavy (non-hydrogen) atoms. The molecule has 0 spiro atoms. The number of aliphatic hydroxyl groups excluding tert-OH is 1. The molecule has 0 radical (unpaired) electrons. The number of thioether (sulfide) groups is 1. The van der Waals surface area contributed by atoms with Crippen LogP contribution in [0.3, 0.4) is 0 Å². The summed E-state index contributed by atoms with van der Waals surface area (Å²) >= 11 is 3.74. The van der Waals surface area contributed by atoms with Gasteiger partial charge in [-0.3, -0.25) is 4.68 Å². The van der Waals surface area contributed by atoms with Crippen LogP contribution in [0.15, 0.2) is 18.5 Å². The fourth-order valence-electron chi connectivity index (χ4n) is 2.34. The van der Waals surface area contributed by atoms with Gasteiger partial charge in [0.15, 0.2) is 0 Å². The molecule has 0 saturated heterocycles. The van der Waals surface area contributed by atoms with E-state index in [1.54, 1.807) is 17.5 Å². The van der Waals surface area contributed by atoms with E-state index >= 15 is 0 Å². The quantitative estimate of drug-likeness (QED) is 0.941. The number of thiophene rings is 1. The smallest absolute Gasteiger partial charge is 0.116 e. The Morgan fingerprint density at radius 3 is 3.21 bits per heavy atom.